The van der Waals surface area contributed by atoms with Crippen molar-refractivity contribution in [2.75, 3.05) is 26.3 Å². The van der Waals surface area contributed by atoms with Crippen molar-refractivity contribution >= 4 is 23.6 Å². The highest BCUT2D eigenvalue weighted by Gasteiger charge is 2.54. The Balaban J connectivity index is 0.000000232. The third kappa shape index (κ3) is 4.92. The van der Waals surface area contributed by atoms with Gasteiger partial charge in [-0.05, 0) is 43.7 Å². The van der Waals surface area contributed by atoms with Crippen LogP contribution in [0.15, 0.2) is 18.3 Å². The largest absolute Gasteiger partial charge is 0.479 e. The number of likely N-dealkylation sites (tertiary alicyclic amines) is 1. The van der Waals surface area contributed by atoms with Crippen LogP contribution in [-0.2, 0) is 14.3 Å². The number of hydrogen-bond acceptors (Lipinski definition) is 7. The monoisotopic (exact) mass is 420 g/mol. The first-order chi connectivity index (χ1) is 14.2. The Morgan fingerprint density at radius 1 is 1.27 bits per heavy atom. The van der Waals surface area contributed by atoms with Crippen molar-refractivity contribution in [1.82, 2.24) is 9.88 Å². The maximum absolute atomic E-state index is 11.9. The van der Waals surface area contributed by atoms with E-state index in [-0.39, 0.29) is 24.2 Å². The topological polar surface area (TPSA) is 199 Å². The minimum absolute atomic E-state index is 0.0262. The molecule has 0 radical (unpaired) electrons. The van der Waals surface area contributed by atoms with E-state index in [1.807, 2.05) is 0 Å². The quantitative estimate of drug-likeness (QED) is 0.303. The molecule has 0 bridgehead atoms. The summed E-state index contributed by atoms with van der Waals surface area (Å²) in [6, 6.07) is 2.95. The van der Waals surface area contributed by atoms with Gasteiger partial charge in [0.2, 0.25) is 11.8 Å². The Morgan fingerprint density at radius 2 is 1.93 bits per heavy atom. The SMILES string of the molecule is N=C(N)c1ccc(C(N)=O)cn1.NCC(=O)N1CCC[C@]1(C(=O)O)C1CCOCC1. The maximum atomic E-state index is 11.9. The molecular weight excluding hydrogens is 392 g/mol. The third-order valence-electron chi connectivity index (χ3n) is 5.49. The van der Waals surface area contributed by atoms with Gasteiger partial charge in [-0.3, -0.25) is 20.0 Å². The number of aliphatic carboxylic acids is 1. The van der Waals surface area contributed by atoms with E-state index in [1.54, 1.807) is 0 Å². The number of rotatable bonds is 5. The number of nitrogens with one attached hydrogen (secondary N) is 1. The van der Waals surface area contributed by atoms with Gasteiger partial charge in [0.15, 0.2) is 0 Å². The number of carboxylic acid groups (broad SMARTS) is 1. The number of hydrogen-bond donors (Lipinski definition) is 5. The van der Waals surface area contributed by atoms with E-state index in [0.717, 1.165) is 6.42 Å². The molecular formula is C19H28N6O5. The molecule has 0 saturated carbocycles. The lowest BCUT2D eigenvalue weighted by Gasteiger charge is -2.42. The Kier molecular flexibility index (Phi) is 7.84. The number of primary amides is 1. The first-order valence-electron chi connectivity index (χ1n) is 9.66. The molecule has 2 amide bonds. The first kappa shape index (κ1) is 23.2. The van der Waals surface area contributed by atoms with Crippen LogP contribution >= 0.6 is 0 Å². The van der Waals surface area contributed by atoms with Gasteiger partial charge in [-0.2, -0.15) is 0 Å². The number of carbonyl (C=O) groups is 3. The fraction of sp³-hybridized carbons (Fsp3) is 0.526. The summed E-state index contributed by atoms with van der Waals surface area (Å²) < 4.78 is 5.28. The van der Waals surface area contributed by atoms with Crippen molar-refractivity contribution in [1.29, 1.82) is 5.41 Å². The number of nitrogens with two attached hydrogens (primary N) is 3. The molecule has 11 heteroatoms. The van der Waals surface area contributed by atoms with E-state index in [2.05, 4.69) is 4.98 Å². The molecule has 0 spiro atoms. The number of pyridine rings is 1. The normalized spacial score (nSPS) is 21.4. The Bertz CT molecular complexity index is 760. The molecule has 2 aliphatic heterocycles. The molecule has 8 N–H and O–H groups in total. The lowest BCUT2D eigenvalue weighted by atomic mass is 9.77. The molecule has 1 atom stereocenters. The summed E-state index contributed by atoms with van der Waals surface area (Å²) in [5.41, 5.74) is 15.1. The molecule has 11 nitrogen and oxygen atoms in total. The van der Waals surface area contributed by atoms with Gasteiger partial charge in [0, 0.05) is 26.0 Å². The molecule has 2 saturated heterocycles. The second-order valence-corrected chi connectivity index (χ2v) is 7.18. The van der Waals surface area contributed by atoms with E-state index in [0.29, 0.717) is 50.3 Å². The molecule has 3 rings (SSSR count). The van der Waals surface area contributed by atoms with Crippen molar-refractivity contribution in [3.63, 3.8) is 0 Å². The molecule has 1 aromatic rings. The van der Waals surface area contributed by atoms with Crippen LogP contribution in [0.5, 0.6) is 0 Å². The zero-order valence-corrected chi connectivity index (χ0v) is 16.7. The van der Waals surface area contributed by atoms with Crippen LogP contribution < -0.4 is 17.2 Å². The minimum atomic E-state index is -1.06. The third-order valence-corrected chi connectivity index (χ3v) is 5.49. The molecule has 164 valence electrons. The average molecular weight is 420 g/mol. The van der Waals surface area contributed by atoms with Crippen molar-refractivity contribution in [3.8, 4) is 0 Å². The van der Waals surface area contributed by atoms with E-state index < -0.39 is 17.4 Å². The molecule has 3 heterocycles. The molecule has 0 unspecified atom stereocenters. The second-order valence-electron chi connectivity index (χ2n) is 7.18. The summed E-state index contributed by atoms with van der Waals surface area (Å²) in [5, 5.41) is 16.7. The number of ether oxygens (including phenoxy) is 1. The predicted octanol–water partition coefficient (Wildman–Crippen LogP) is -0.718. The van der Waals surface area contributed by atoms with Crippen molar-refractivity contribution < 1.29 is 24.2 Å². The predicted molar refractivity (Wildman–Crippen MR) is 108 cm³/mol. The van der Waals surface area contributed by atoms with Crippen LogP contribution in [-0.4, -0.2) is 70.5 Å². The van der Waals surface area contributed by atoms with Crippen LogP contribution in [0.1, 0.15) is 41.7 Å². The lowest BCUT2D eigenvalue weighted by molar-refractivity contribution is -0.162. The second kappa shape index (κ2) is 10.1. The van der Waals surface area contributed by atoms with Crippen LogP contribution in [0, 0.1) is 11.3 Å². The summed E-state index contributed by atoms with van der Waals surface area (Å²) in [7, 11) is 0. The molecule has 0 aliphatic carbocycles. The summed E-state index contributed by atoms with van der Waals surface area (Å²) in [5.74, 6) is -1.86. The van der Waals surface area contributed by atoms with Crippen molar-refractivity contribution in [2.24, 2.45) is 23.1 Å². The maximum Gasteiger partial charge on any atom is 0.329 e. The van der Waals surface area contributed by atoms with Crippen LogP contribution in [0.3, 0.4) is 0 Å². The summed E-state index contributed by atoms with van der Waals surface area (Å²) >= 11 is 0. The number of amides is 2. The first-order valence-corrected chi connectivity index (χ1v) is 9.66. The average Bonchev–Trinajstić information content (AvgIpc) is 3.20. The van der Waals surface area contributed by atoms with E-state index in [1.165, 1.54) is 23.2 Å². The minimum Gasteiger partial charge on any atom is -0.479 e. The number of nitrogens with zero attached hydrogens (tertiary/aromatic N) is 2. The lowest BCUT2D eigenvalue weighted by Crippen LogP contribution is -2.59. The number of aromatic nitrogens is 1. The van der Waals surface area contributed by atoms with Crippen LogP contribution in [0.4, 0.5) is 0 Å². The molecule has 30 heavy (non-hydrogen) atoms. The zero-order chi connectivity index (χ0) is 22.3. The van der Waals surface area contributed by atoms with Gasteiger partial charge in [-0.1, -0.05) is 0 Å². The fourth-order valence-corrected chi connectivity index (χ4v) is 3.99. The molecule has 0 aromatic carbocycles. The van der Waals surface area contributed by atoms with Crippen molar-refractivity contribution in [3.05, 3.63) is 29.6 Å². The van der Waals surface area contributed by atoms with Crippen LogP contribution in [0.2, 0.25) is 0 Å². The number of carboxylic acids is 1. The van der Waals surface area contributed by atoms with E-state index >= 15 is 0 Å². The van der Waals surface area contributed by atoms with Gasteiger partial charge in [0.25, 0.3) is 0 Å². The fourth-order valence-electron chi connectivity index (χ4n) is 3.99. The molecule has 1 aromatic heterocycles. The molecule has 2 fully saturated rings. The van der Waals surface area contributed by atoms with Gasteiger partial charge >= 0.3 is 5.97 Å². The smallest absolute Gasteiger partial charge is 0.329 e. The van der Waals surface area contributed by atoms with Gasteiger partial charge < -0.3 is 31.9 Å². The number of amidine groups is 1. The summed E-state index contributed by atoms with van der Waals surface area (Å²) in [4.78, 5) is 39.5. The standard InChI is InChI=1S/C12H20N2O4.C7H8N4O/c13-8-10(15)14-5-1-4-12(14,11(16)17)9-2-6-18-7-3-9;8-6(9)5-2-1-4(3-11-5)7(10)12/h9H,1-8,13H2,(H,16,17);1-3H,(H3,8,9)(H2,10,12)/t12-;/m1./s1. The highest BCUT2D eigenvalue weighted by molar-refractivity contribution is 5.95. The van der Waals surface area contributed by atoms with Crippen LogP contribution in [0.25, 0.3) is 0 Å². The number of carbonyl (C=O) groups excluding carboxylic acids is 2. The van der Waals surface area contributed by atoms with E-state index in [4.69, 9.17) is 27.3 Å². The van der Waals surface area contributed by atoms with Gasteiger partial charge in [0.1, 0.15) is 17.1 Å². The molecule has 2 aliphatic rings. The van der Waals surface area contributed by atoms with Gasteiger partial charge in [0.05, 0.1) is 12.1 Å². The number of nitrogen functional groups attached to an aromatic ring is 1. The Morgan fingerprint density at radius 3 is 2.40 bits per heavy atom. The Hall–Kier alpha value is -3.05. The highest BCUT2D eigenvalue weighted by atomic mass is 16.5. The zero-order valence-electron chi connectivity index (χ0n) is 16.7. The highest BCUT2D eigenvalue weighted by Crippen LogP contribution is 2.41. The van der Waals surface area contributed by atoms with Gasteiger partial charge in [-0.15, -0.1) is 0 Å². The van der Waals surface area contributed by atoms with E-state index in [9.17, 15) is 19.5 Å². The Labute approximate surface area is 174 Å². The summed E-state index contributed by atoms with van der Waals surface area (Å²) in [6.07, 6.45) is 3.94. The van der Waals surface area contributed by atoms with Crippen molar-refractivity contribution in [2.45, 2.75) is 31.2 Å². The summed E-state index contributed by atoms with van der Waals surface area (Å²) in [6.45, 7) is 1.52. The van der Waals surface area contributed by atoms with Gasteiger partial charge in [-0.25, -0.2) is 4.79 Å².